The largest absolute Gasteiger partial charge is 0.327 e. The molecule has 1 aromatic rings. The number of rotatable bonds is 2. The highest BCUT2D eigenvalue weighted by molar-refractivity contribution is 7.10. The minimum atomic E-state index is 0.394. The lowest BCUT2D eigenvalue weighted by Crippen LogP contribution is -2.34. The minimum Gasteiger partial charge on any atom is -0.327 e. The molecular weight excluding hydrogens is 202 g/mol. The first-order valence-corrected chi connectivity index (χ1v) is 6.90. The van der Waals surface area contributed by atoms with Crippen LogP contribution < -0.4 is 5.73 Å². The summed E-state index contributed by atoms with van der Waals surface area (Å²) in [4.78, 5) is 1.54. The molecule has 2 heteroatoms. The molecule has 0 amide bonds. The van der Waals surface area contributed by atoms with Crippen molar-refractivity contribution in [3.8, 4) is 0 Å². The average molecular weight is 223 g/mol. The van der Waals surface area contributed by atoms with Crippen LogP contribution in [0.5, 0.6) is 0 Å². The Balaban J connectivity index is 2.16. The predicted octanol–water partition coefficient (Wildman–Crippen LogP) is 3.68. The number of hydrogen-bond acceptors (Lipinski definition) is 2. The minimum absolute atomic E-state index is 0.394. The number of nitrogens with two attached hydrogens (primary N) is 1. The molecule has 1 aliphatic carbocycles. The van der Waals surface area contributed by atoms with Gasteiger partial charge in [-0.25, -0.2) is 0 Å². The fourth-order valence-electron chi connectivity index (χ4n) is 2.72. The van der Waals surface area contributed by atoms with Crippen molar-refractivity contribution in [2.45, 2.75) is 51.5 Å². The van der Waals surface area contributed by atoms with Crippen molar-refractivity contribution < 1.29 is 0 Å². The summed E-state index contributed by atoms with van der Waals surface area (Å²) in [6.07, 6.45) is 5.16. The maximum absolute atomic E-state index is 6.26. The molecule has 0 spiro atoms. The maximum atomic E-state index is 6.26. The fraction of sp³-hybridized carbons (Fsp3) is 0.692. The van der Waals surface area contributed by atoms with E-state index >= 15 is 0 Å². The first kappa shape index (κ1) is 11.2. The highest BCUT2D eigenvalue weighted by atomic mass is 32.1. The van der Waals surface area contributed by atoms with E-state index in [1.807, 2.05) is 11.3 Å². The molecule has 1 fully saturated rings. The standard InChI is InChI=1S/C13H21NS/c1-3-10-4-5-12(14)11(8-10)13-9(2)6-7-15-13/h6-7,10-12H,3-5,8,14H2,1-2H3. The average Bonchev–Trinajstić information content (AvgIpc) is 2.65. The lowest BCUT2D eigenvalue weighted by Gasteiger charge is -2.33. The van der Waals surface area contributed by atoms with Gasteiger partial charge < -0.3 is 5.73 Å². The Labute approximate surface area is 96.7 Å². The van der Waals surface area contributed by atoms with Crippen LogP contribution in [-0.2, 0) is 0 Å². The molecule has 1 nitrogen and oxygen atoms in total. The van der Waals surface area contributed by atoms with E-state index in [0.717, 1.165) is 5.92 Å². The molecular formula is C13H21NS. The number of aryl methyl sites for hydroxylation is 1. The Morgan fingerprint density at radius 3 is 2.87 bits per heavy atom. The Morgan fingerprint density at radius 2 is 2.27 bits per heavy atom. The van der Waals surface area contributed by atoms with Crippen molar-refractivity contribution >= 4 is 11.3 Å². The Kier molecular flexibility index (Phi) is 3.47. The van der Waals surface area contributed by atoms with Crippen molar-refractivity contribution in [3.05, 3.63) is 21.9 Å². The van der Waals surface area contributed by atoms with E-state index in [1.165, 1.54) is 31.2 Å². The van der Waals surface area contributed by atoms with Crippen LogP contribution >= 0.6 is 11.3 Å². The quantitative estimate of drug-likeness (QED) is 0.813. The second kappa shape index (κ2) is 4.67. The van der Waals surface area contributed by atoms with Gasteiger partial charge in [-0.2, -0.15) is 0 Å². The van der Waals surface area contributed by atoms with Crippen molar-refractivity contribution in [2.24, 2.45) is 11.7 Å². The van der Waals surface area contributed by atoms with Gasteiger partial charge in [-0.15, -0.1) is 11.3 Å². The SMILES string of the molecule is CCC1CCC(N)C(c2sccc2C)C1. The van der Waals surface area contributed by atoms with Crippen LogP contribution in [0.2, 0.25) is 0 Å². The van der Waals surface area contributed by atoms with E-state index in [0.29, 0.717) is 12.0 Å². The number of thiophene rings is 1. The van der Waals surface area contributed by atoms with Crippen LogP contribution in [0, 0.1) is 12.8 Å². The van der Waals surface area contributed by atoms with E-state index in [-0.39, 0.29) is 0 Å². The van der Waals surface area contributed by atoms with Crippen molar-refractivity contribution in [1.29, 1.82) is 0 Å². The van der Waals surface area contributed by atoms with E-state index in [4.69, 9.17) is 5.73 Å². The van der Waals surface area contributed by atoms with Crippen LogP contribution in [0.1, 0.15) is 49.0 Å². The van der Waals surface area contributed by atoms with Gasteiger partial charge in [0.25, 0.3) is 0 Å². The second-order valence-electron chi connectivity index (χ2n) is 4.83. The zero-order valence-corrected chi connectivity index (χ0v) is 10.5. The van der Waals surface area contributed by atoms with Gasteiger partial charge in [0.05, 0.1) is 0 Å². The molecule has 84 valence electrons. The van der Waals surface area contributed by atoms with Crippen molar-refractivity contribution in [2.75, 3.05) is 0 Å². The molecule has 15 heavy (non-hydrogen) atoms. The molecule has 0 aromatic carbocycles. The van der Waals surface area contributed by atoms with Gasteiger partial charge >= 0.3 is 0 Å². The molecule has 1 saturated carbocycles. The van der Waals surface area contributed by atoms with Gasteiger partial charge in [0.15, 0.2) is 0 Å². The van der Waals surface area contributed by atoms with Gasteiger partial charge in [-0.3, -0.25) is 0 Å². The van der Waals surface area contributed by atoms with E-state index in [1.54, 1.807) is 4.88 Å². The zero-order chi connectivity index (χ0) is 10.8. The van der Waals surface area contributed by atoms with Gasteiger partial charge in [-0.05, 0) is 49.1 Å². The summed E-state index contributed by atoms with van der Waals surface area (Å²) in [5.74, 6) is 1.53. The third-order valence-electron chi connectivity index (χ3n) is 3.83. The molecule has 0 saturated heterocycles. The first-order valence-electron chi connectivity index (χ1n) is 6.02. The summed E-state index contributed by atoms with van der Waals surface area (Å²) in [5, 5.41) is 2.20. The Bertz CT molecular complexity index is 318. The van der Waals surface area contributed by atoms with E-state index in [2.05, 4.69) is 25.3 Å². The highest BCUT2D eigenvalue weighted by Gasteiger charge is 2.29. The maximum Gasteiger partial charge on any atom is 0.0121 e. The van der Waals surface area contributed by atoms with E-state index in [9.17, 15) is 0 Å². The summed E-state index contributed by atoms with van der Waals surface area (Å²) in [6, 6.07) is 2.62. The summed E-state index contributed by atoms with van der Waals surface area (Å²) < 4.78 is 0. The molecule has 0 aliphatic heterocycles. The molecule has 0 bridgehead atoms. The lowest BCUT2D eigenvalue weighted by atomic mass is 9.76. The molecule has 2 rings (SSSR count). The van der Waals surface area contributed by atoms with Gasteiger partial charge in [0.1, 0.15) is 0 Å². The summed E-state index contributed by atoms with van der Waals surface area (Å²) in [6.45, 7) is 4.52. The van der Waals surface area contributed by atoms with Crippen LogP contribution in [0.15, 0.2) is 11.4 Å². The summed E-state index contributed by atoms with van der Waals surface area (Å²) in [7, 11) is 0. The molecule has 3 unspecified atom stereocenters. The number of hydrogen-bond donors (Lipinski definition) is 1. The van der Waals surface area contributed by atoms with Gasteiger partial charge in [0.2, 0.25) is 0 Å². The molecule has 1 heterocycles. The first-order chi connectivity index (χ1) is 7.22. The van der Waals surface area contributed by atoms with Crippen LogP contribution in [0.25, 0.3) is 0 Å². The molecule has 0 radical (unpaired) electrons. The van der Waals surface area contributed by atoms with Crippen LogP contribution in [0.3, 0.4) is 0 Å². The monoisotopic (exact) mass is 223 g/mol. The second-order valence-corrected chi connectivity index (χ2v) is 5.77. The van der Waals surface area contributed by atoms with Crippen LogP contribution in [-0.4, -0.2) is 6.04 Å². The van der Waals surface area contributed by atoms with E-state index < -0.39 is 0 Å². The summed E-state index contributed by atoms with van der Waals surface area (Å²) >= 11 is 1.89. The normalized spacial score (nSPS) is 31.8. The van der Waals surface area contributed by atoms with Gasteiger partial charge in [-0.1, -0.05) is 13.3 Å². The Morgan fingerprint density at radius 1 is 1.47 bits per heavy atom. The highest BCUT2D eigenvalue weighted by Crippen LogP contribution is 2.40. The molecule has 2 N–H and O–H groups in total. The van der Waals surface area contributed by atoms with Crippen molar-refractivity contribution in [1.82, 2.24) is 0 Å². The predicted molar refractivity (Wildman–Crippen MR) is 67.4 cm³/mol. The molecule has 1 aromatic heterocycles. The van der Waals surface area contributed by atoms with Gasteiger partial charge in [0, 0.05) is 16.8 Å². The van der Waals surface area contributed by atoms with Crippen LogP contribution in [0.4, 0.5) is 0 Å². The molecule has 3 atom stereocenters. The molecule has 1 aliphatic rings. The third-order valence-corrected chi connectivity index (χ3v) is 4.98. The lowest BCUT2D eigenvalue weighted by molar-refractivity contribution is 0.284. The third kappa shape index (κ3) is 2.26. The zero-order valence-electron chi connectivity index (χ0n) is 9.70. The summed E-state index contributed by atoms with van der Waals surface area (Å²) in [5.41, 5.74) is 7.70. The fourth-order valence-corrected chi connectivity index (χ4v) is 3.84. The topological polar surface area (TPSA) is 26.0 Å². The smallest absolute Gasteiger partial charge is 0.0121 e. The van der Waals surface area contributed by atoms with Crippen molar-refractivity contribution in [3.63, 3.8) is 0 Å². The Hall–Kier alpha value is -0.340.